The van der Waals surface area contributed by atoms with Crippen molar-refractivity contribution in [2.75, 3.05) is 14.2 Å². The summed E-state index contributed by atoms with van der Waals surface area (Å²) in [6.45, 7) is 0. The minimum absolute atomic E-state index is 0.551. The second kappa shape index (κ2) is 4.35. The van der Waals surface area contributed by atoms with Gasteiger partial charge in [0, 0.05) is 6.08 Å². The number of ether oxygens (including phenoxy) is 2. The van der Waals surface area contributed by atoms with Gasteiger partial charge in [0.25, 0.3) is 4.87 Å². The van der Waals surface area contributed by atoms with Gasteiger partial charge >= 0.3 is 11.9 Å². The highest BCUT2D eigenvalue weighted by atomic mass is 32.2. The number of hydrogen-bond donors (Lipinski definition) is 1. The summed E-state index contributed by atoms with van der Waals surface area (Å²) in [5, 5.41) is 3.56. The summed E-state index contributed by atoms with van der Waals surface area (Å²) in [4.78, 5) is 32.2. The fourth-order valence-electron chi connectivity index (χ4n) is 1.01. The van der Waals surface area contributed by atoms with Crippen molar-refractivity contribution >= 4 is 29.6 Å². The molecule has 0 aromatic carbocycles. The van der Waals surface area contributed by atoms with Crippen LogP contribution in [0.25, 0.3) is 0 Å². The van der Waals surface area contributed by atoms with Crippen LogP contribution >= 0.6 is 11.8 Å². The molecule has 0 bridgehead atoms. The smallest absolute Gasteiger partial charge is 0.354 e. The number of hydrogen-bond acceptors (Lipinski definition) is 6. The number of esters is 2. The normalized spacial score (nSPS) is 17.9. The second-order valence-corrected chi connectivity index (χ2v) is 3.69. The standard InChI is InChI=1S/C8H9NO5S/c1-13-6(11)8(7(12)14-2)9-5(10)3-4-15-8/h3-4H,1-2H3,(H,9,10). The van der Waals surface area contributed by atoms with Gasteiger partial charge in [-0.3, -0.25) is 4.79 Å². The second-order valence-electron chi connectivity index (χ2n) is 2.57. The van der Waals surface area contributed by atoms with Crippen LogP contribution in [0.4, 0.5) is 0 Å². The lowest BCUT2D eigenvalue weighted by Crippen LogP contribution is -2.59. The predicted molar refractivity (Wildman–Crippen MR) is 51.6 cm³/mol. The highest BCUT2D eigenvalue weighted by Crippen LogP contribution is 2.29. The molecule has 0 aromatic rings. The fraction of sp³-hybridized carbons (Fsp3) is 0.375. The molecule has 0 aromatic heterocycles. The van der Waals surface area contributed by atoms with Crippen molar-refractivity contribution < 1.29 is 23.9 Å². The lowest BCUT2D eigenvalue weighted by molar-refractivity contribution is -0.158. The van der Waals surface area contributed by atoms with Gasteiger partial charge in [-0.25, -0.2) is 9.59 Å². The van der Waals surface area contributed by atoms with Gasteiger partial charge in [-0.05, 0) is 5.41 Å². The van der Waals surface area contributed by atoms with E-state index in [2.05, 4.69) is 14.8 Å². The average Bonchev–Trinajstić information content (AvgIpc) is 2.26. The third-order valence-electron chi connectivity index (χ3n) is 1.71. The molecule has 1 heterocycles. The predicted octanol–water partition coefficient (Wildman–Crippen LogP) is -0.595. The zero-order valence-electron chi connectivity index (χ0n) is 8.10. The maximum absolute atomic E-state index is 11.4. The van der Waals surface area contributed by atoms with Gasteiger partial charge in [-0.15, -0.1) is 0 Å². The molecule has 1 amide bonds. The molecular formula is C8H9NO5S. The molecule has 6 nitrogen and oxygen atoms in total. The third kappa shape index (κ3) is 1.96. The summed E-state index contributed by atoms with van der Waals surface area (Å²) >= 11 is 0.818. The number of rotatable bonds is 2. The molecule has 82 valence electrons. The van der Waals surface area contributed by atoms with Crippen LogP contribution in [0.3, 0.4) is 0 Å². The van der Waals surface area contributed by atoms with E-state index in [0.29, 0.717) is 0 Å². The SMILES string of the molecule is COC(=O)C1(C(=O)OC)NC(=O)C=CS1. The monoisotopic (exact) mass is 231 g/mol. The summed E-state index contributed by atoms with van der Waals surface area (Å²) in [5.41, 5.74) is 0. The largest absolute Gasteiger partial charge is 0.466 e. The molecule has 0 fully saturated rings. The first-order valence-electron chi connectivity index (χ1n) is 3.90. The van der Waals surface area contributed by atoms with Gasteiger partial charge in [0.15, 0.2) is 0 Å². The van der Waals surface area contributed by atoms with Crippen LogP contribution in [0, 0.1) is 0 Å². The van der Waals surface area contributed by atoms with E-state index in [0.717, 1.165) is 26.0 Å². The molecule has 0 saturated carbocycles. The summed E-state index contributed by atoms with van der Waals surface area (Å²) in [7, 11) is 2.25. The minimum atomic E-state index is -1.82. The van der Waals surface area contributed by atoms with E-state index in [1.54, 1.807) is 0 Å². The molecule has 1 rings (SSSR count). The van der Waals surface area contributed by atoms with Crippen LogP contribution in [0.1, 0.15) is 0 Å². The van der Waals surface area contributed by atoms with Crippen LogP contribution < -0.4 is 5.32 Å². The Labute approximate surface area is 90.0 Å². The maximum Gasteiger partial charge on any atom is 0.354 e. The van der Waals surface area contributed by atoms with Crippen LogP contribution in [0.5, 0.6) is 0 Å². The van der Waals surface area contributed by atoms with Crippen molar-refractivity contribution in [3.05, 3.63) is 11.5 Å². The van der Waals surface area contributed by atoms with E-state index in [1.165, 1.54) is 11.5 Å². The number of carbonyl (C=O) groups excluding carboxylic acids is 3. The summed E-state index contributed by atoms with van der Waals surface area (Å²) < 4.78 is 8.91. The van der Waals surface area contributed by atoms with Gasteiger partial charge in [-0.2, -0.15) is 0 Å². The molecule has 0 atom stereocenters. The highest BCUT2D eigenvalue weighted by Gasteiger charge is 2.51. The van der Waals surface area contributed by atoms with E-state index < -0.39 is 22.7 Å². The Morgan fingerprint density at radius 3 is 2.27 bits per heavy atom. The summed E-state index contributed by atoms with van der Waals surface area (Å²) in [5.74, 6) is -2.31. The zero-order valence-corrected chi connectivity index (χ0v) is 8.92. The lowest BCUT2D eigenvalue weighted by Gasteiger charge is -2.28. The molecule has 1 N–H and O–H groups in total. The van der Waals surface area contributed by atoms with Crippen LogP contribution in [0.2, 0.25) is 0 Å². The van der Waals surface area contributed by atoms with Gasteiger partial charge in [0.05, 0.1) is 14.2 Å². The van der Waals surface area contributed by atoms with Crippen molar-refractivity contribution in [2.24, 2.45) is 0 Å². The van der Waals surface area contributed by atoms with Crippen molar-refractivity contribution in [1.29, 1.82) is 0 Å². The number of carbonyl (C=O) groups is 3. The number of thioether (sulfide) groups is 1. The van der Waals surface area contributed by atoms with Crippen molar-refractivity contribution in [3.63, 3.8) is 0 Å². The fourth-order valence-corrected chi connectivity index (χ4v) is 1.93. The Hall–Kier alpha value is -1.50. The topological polar surface area (TPSA) is 81.7 Å². The van der Waals surface area contributed by atoms with Crippen molar-refractivity contribution in [2.45, 2.75) is 4.87 Å². The molecule has 1 aliphatic rings. The Kier molecular flexibility index (Phi) is 3.35. The zero-order chi connectivity index (χ0) is 11.5. The quantitative estimate of drug-likeness (QED) is 0.505. The first-order valence-corrected chi connectivity index (χ1v) is 4.78. The van der Waals surface area contributed by atoms with Crippen LogP contribution in [0.15, 0.2) is 11.5 Å². The van der Waals surface area contributed by atoms with Gasteiger partial charge in [0.1, 0.15) is 0 Å². The molecule has 15 heavy (non-hydrogen) atoms. The Bertz CT molecular complexity index is 322. The van der Waals surface area contributed by atoms with Crippen molar-refractivity contribution in [3.8, 4) is 0 Å². The average molecular weight is 231 g/mol. The van der Waals surface area contributed by atoms with Crippen LogP contribution in [-0.2, 0) is 23.9 Å². The number of amides is 1. The molecular weight excluding hydrogens is 222 g/mol. The Morgan fingerprint density at radius 2 is 1.87 bits per heavy atom. The lowest BCUT2D eigenvalue weighted by atomic mass is 10.2. The molecule has 0 saturated heterocycles. The van der Waals surface area contributed by atoms with Crippen LogP contribution in [-0.4, -0.2) is 36.9 Å². The first-order chi connectivity index (χ1) is 7.06. The van der Waals surface area contributed by atoms with E-state index >= 15 is 0 Å². The highest BCUT2D eigenvalue weighted by molar-refractivity contribution is 8.05. The minimum Gasteiger partial charge on any atom is -0.466 e. The molecule has 0 unspecified atom stereocenters. The van der Waals surface area contributed by atoms with E-state index in [4.69, 9.17) is 0 Å². The molecule has 7 heteroatoms. The summed E-state index contributed by atoms with van der Waals surface area (Å²) in [6.07, 6.45) is 1.20. The third-order valence-corrected chi connectivity index (χ3v) is 2.77. The van der Waals surface area contributed by atoms with E-state index in [9.17, 15) is 14.4 Å². The first kappa shape index (κ1) is 11.6. The molecule has 0 spiro atoms. The molecule has 0 radical (unpaired) electrons. The summed E-state index contributed by atoms with van der Waals surface area (Å²) in [6, 6.07) is 0. The Balaban J connectivity index is 3.07. The van der Waals surface area contributed by atoms with E-state index in [-0.39, 0.29) is 0 Å². The van der Waals surface area contributed by atoms with Crippen molar-refractivity contribution in [1.82, 2.24) is 5.32 Å². The molecule has 0 aliphatic carbocycles. The van der Waals surface area contributed by atoms with E-state index in [1.807, 2.05) is 0 Å². The number of nitrogens with one attached hydrogen (secondary N) is 1. The van der Waals surface area contributed by atoms with Gasteiger partial charge < -0.3 is 14.8 Å². The maximum atomic E-state index is 11.4. The Morgan fingerprint density at radius 1 is 1.33 bits per heavy atom. The van der Waals surface area contributed by atoms with Gasteiger partial charge in [-0.1, -0.05) is 11.8 Å². The van der Waals surface area contributed by atoms with Gasteiger partial charge in [0.2, 0.25) is 5.91 Å². The number of methoxy groups -OCH3 is 2. The molecule has 1 aliphatic heterocycles.